The van der Waals surface area contributed by atoms with Gasteiger partial charge >= 0.3 is 6.18 Å². The maximum Gasteiger partial charge on any atom is 0.416 e. The van der Waals surface area contributed by atoms with Gasteiger partial charge in [-0.25, -0.2) is 4.39 Å². The lowest BCUT2D eigenvalue weighted by Crippen LogP contribution is -2.21. The van der Waals surface area contributed by atoms with Crippen LogP contribution in [0.15, 0.2) is 18.2 Å². The second-order valence-electron chi connectivity index (χ2n) is 4.81. The van der Waals surface area contributed by atoms with E-state index >= 15 is 0 Å². The van der Waals surface area contributed by atoms with Crippen molar-refractivity contribution in [3.05, 3.63) is 35.1 Å². The SMILES string of the molecule is CC(C)(C)C(=O)c1cc(F)cc(C(F)(F)F)c1. The molecule has 0 aliphatic heterocycles. The molecule has 94 valence electrons. The third-order valence-electron chi connectivity index (χ3n) is 2.17. The molecule has 0 saturated heterocycles. The molecular weight excluding hydrogens is 236 g/mol. The Kier molecular flexibility index (Phi) is 3.32. The zero-order valence-electron chi connectivity index (χ0n) is 9.65. The van der Waals surface area contributed by atoms with Gasteiger partial charge in [-0.15, -0.1) is 0 Å². The molecule has 0 unspecified atom stereocenters. The molecule has 5 heteroatoms. The van der Waals surface area contributed by atoms with Crippen LogP contribution in [-0.4, -0.2) is 5.78 Å². The standard InChI is InChI=1S/C12H12F4O/c1-11(2,3)10(17)7-4-8(12(14,15)16)6-9(13)5-7/h4-6H,1-3H3. The molecule has 0 amide bonds. The molecule has 0 radical (unpaired) electrons. The number of alkyl halides is 3. The van der Waals surface area contributed by atoms with Crippen LogP contribution in [0.2, 0.25) is 0 Å². The van der Waals surface area contributed by atoms with Crippen LogP contribution in [0.4, 0.5) is 17.6 Å². The van der Waals surface area contributed by atoms with Crippen molar-refractivity contribution < 1.29 is 22.4 Å². The molecule has 1 nitrogen and oxygen atoms in total. The van der Waals surface area contributed by atoms with E-state index in [1.165, 1.54) is 0 Å². The van der Waals surface area contributed by atoms with E-state index in [-0.39, 0.29) is 5.56 Å². The van der Waals surface area contributed by atoms with E-state index in [2.05, 4.69) is 0 Å². The molecule has 0 aromatic heterocycles. The van der Waals surface area contributed by atoms with Crippen molar-refractivity contribution in [3.8, 4) is 0 Å². The van der Waals surface area contributed by atoms with E-state index in [0.717, 1.165) is 6.07 Å². The van der Waals surface area contributed by atoms with E-state index in [0.29, 0.717) is 12.1 Å². The Labute approximate surface area is 96.4 Å². The van der Waals surface area contributed by atoms with Crippen molar-refractivity contribution >= 4 is 5.78 Å². The number of carbonyl (C=O) groups is 1. The van der Waals surface area contributed by atoms with Crippen LogP contribution in [0.25, 0.3) is 0 Å². The minimum atomic E-state index is -4.66. The van der Waals surface area contributed by atoms with Gasteiger partial charge in [-0.1, -0.05) is 20.8 Å². The molecule has 0 aliphatic carbocycles. The Morgan fingerprint density at radius 3 is 2.00 bits per heavy atom. The van der Waals surface area contributed by atoms with Gasteiger partial charge in [0.15, 0.2) is 5.78 Å². The molecule has 0 bridgehead atoms. The van der Waals surface area contributed by atoms with E-state index in [1.807, 2.05) is 0 Å². The largest absolute Gasteiger partial charge is 0.416 e. The van der Waals surface area contributed by atoms with Crippen LogP contribution in [0.1, 0.15) is 36.7 Å². The van der Waals surface area contributed by atoms with Crippen molar-refractivity contribution in [2.45, 2.75) is 26.9 Å². The fourth-order valence-corrected chi connectivity index (χ4v) is 1.32. The molecule has 0 N–H and O–H groups in total. The zero-order valence-corrected chi connectivity index (χ0v) is 9.65. The molecule has 0 atom stereocenters. The summed E-state index contributed by atoms with van der Waals surface area (Å²) in [6, 6.07) is 1.87. The Balaban J connectivity index is 3.29. The highest BCUT2D eigenvalue weighted by Gasteiger charge is 2.33. The lowest BCUT2D eigenvalue weighted by Gasteiger charge is -2.17. The minimum absolute atomic E-state index is 0.259. The van der Waals surface area contributed by atoms with Crippen molar-refractivity contribution in [2.24, 2.45) is 5.41 Å². The Bertz CT molecular complexity index is 441. The highest BCUT2D eigenvalue weighted by molar-refractivity contribution is 5.99. The maximum absolute atomic E-state index is 13.1. The number of Topliss-reactive ketones (excluding diaryl/α,β-unsaturated/α-hetero) is 1. The van der Waals surface area contributed by atoms with Gasteiger partial charge in [0.25, 0.3) is 0 Å². The summed E-state index contributed by atoms with van der Waals surface area (Å²) in [6.07, 6.45) is -4.66. The second kappa shape index (κ2) is 4.13. The number of hydrogen-bond donors (Lipinski definition) is 0. The maximum atomic E-state index is 13.1. The number of hydrogen-bond acceptors (Lipinski definition) is 1. The first kappa shape index (κ1) is 13.7. The number of rotatable bonds is 1. The minimum Gasteiger partial charge on any atom is -0.294 e. The number of carbonyl (C=O) groups excluding carboxylic acids is 1. The van der Waals surface area contributed by atoms with Gasteiger partial charge in [0.05, 0.1) is 5.56 Å². The summed E-state index contributed by atoms with van der Waals surface area (Å²) < 4.78 is 50.3. The van der Waals surface area contributed by atoms with E-state index in [9.17, 15) is 22.4 Å². The summed E-state index contributed by atoms with van der Waals surface area (Å²) in [5.41, 5.74) is -2.26. The summed E-state index contributed by atoms with van der Waals surface area (Å²) in [7, 11) is 0. The highest BCUT2D eigenvalue weighted by Crippen LogP contribution is 2.32. The average molecular weight is 248 g/mol. The smallest absolute Gasteiger partial charge is 0.294 e. The fraction of sp³-hybridized carbons (Fsp3) is 0.417. The van der Waals surface area contributed by atoms with Gasteiger partial charge in [0, 0.05) is 11.0 Å². The lowest BCUT2D eigenvalue weighted by molar-refractivity contribution is -0.137. The molecule has 1 aromatic rings. The predicted octanol–water partition coefficient (Wildman–Crippen LogP) is 4.07. The van der Waals surface area contributed by atoms with Crippen molar-refractivity contribution in [3.63, 3.8) is 0 Å². The molecule has 17 heavy (non-hydrogen) atoms. The van der Waals surface area contributed by atoms with E-state index < -0.39 is 28.8 Å². The van der Waals surface area contributed by atoms with Gasteiger partial charge in [-0.3, -0.25) is 4.79 Å². The molecule has 1 rings (SSSR count). The van der Waals surface area contributed by atoms with Gasteiger partial charge in [0.1, 0.15) is 5.82 Å². The summed E-state index contributed by atoms with van der Waals surface area (Å²) in [5, 5.41) is 0. The van der Waals surface area contributed by atoms with Crippen LogP contribution in [-0.2, 0) is 6.18 Å². The van der Waals surface area contributed by atoms with Gasteiger partial charge in [0.2, 0.25) is 0 Å². The topological polar surface area (TPSA) is 17.1 Å². The average Bonchev–Trinajstić information content (AvgIpc) is 2.12. The van der Waals surface area contributed by atoms with Crippen molar-refractivity contribution in [1.82, 2.24) is 0 Å². The van der Waals surface area contributed by atoms with Crippen LogP contribution >= 0.6 is 0 Å². The lowest BCUT2D eigenvalue weighted by atomic mass is 9.86. The van der Waals surface area contributed by atoms with Crippen LogP contribution in [0.3, 0.4) is 0 Å². The molecule has 0 heterocycles. The molecule has 0 spiro atoms. The molecule has 1 aromatic carbocycles. The zero-order chi connectivity index (χ0) is 13.4. The highest BCUT2D eigenvalue weighted by atomic mass is 19.4. The van der Waals surface area contributed by atoms with Crippen molar-refractivity contribution in [2.75, 3.05) is 0 Å². The van der Waals surface area contributed by atoms with E-state index in [1.54, 1.807) is 20.8 Å². The van der Waals surface area contributed by atoms with Crippen LogP contribution in [0, 0.1) is 11.2 Å². The molecule has 0 aliphatic rings. The quantitative estimate of drug-likeness (QED) is 0.540. The third kappa shape index (κ3) is 3.28. The molecule has 0 fully saturated rings. The first-order chi connectivity index (χ1) is 7.51. The predicted molar refractivity (Wildman–Crippen MR) is 55.2 cm³/mol. The number of ketones is 1. The summed E-state index contributed by atoms with van der Waals surface area (Å²) >= 11 is 0. The van der Waals surface area contributed by atoms with Crippen LogP contribution < -0.4 is 0 Å². The summed E-state index contributed by atoms with van der Waals surface area (Å²) in [5.74, 6) is -1.59. The fourth-order valence-electron chi connectivity index (χ4n) is 1.32. The summed E-state index contributed by atoms with van der Waals surface area (Å²) in [6.45, 7) is 4.69. The number of benzene rings is 1. The number of halogens is 4. The third-order valence-corrected chi connectivity index (χ3v) is 2.17. The Morgan fingerprint density at radius 2 is 1.59 bits per heavy atom. The Hall–Kier alpha value is -1.39. The molecular formula is C12H12F4O. The summed E-state index contributed by atoms with van der Waals surface area (Å²) in [4.78, 5) is 11.8. The van der Waals surface area contributed by atoms with Crippen LogP contribution in [0.5, 0.6) is 0 Å². The molecule has 0 saturated carbocycles. The van der Waals surface area contributed by atoms with Crippen molar-refractivity contribution in [1.29, 1.82) is 0 Å². The second-order valence-corrected chi connectivity index (χ2v) is 4.81. The Morgan fingerprint density at radius 1 is 1.06 bits per heavy atom. The van der Waals surface area contributed by atoms with E-state index in [4.69, 9.17) is 0 Å². The van der Waals surface area contributed by atoms with Gasteiger partial charge in [-0.05, 0) is 18.2 Å². The van der Waals surface area contributed by atoms with Gasteiger partial charge < -0.3 is 0 Å². The first-order valence-corrected chi connectivity index (χ1v) is 4.94. The van der Waals surface area contributed by atoms with Gasteiger partial charge in [-0.2, -0.15) is 13.2 Å². The monoisotopic (exact) mass is 248 g/mol. The first-order valence-electron chi connectivity index (χ1n) is 4.94. The normalized spacial score (nSPS) is 12.6.